The summed E-state index contributed by atoms with van der Waals surface area (Å²) >= 11 is 0. The number of rotatable bonds is 4. The number of fused-ring (bicyclic) bond motifs is 1. The number of hydrogen-bond acceptors (Lipinski definition) is 5. The summed E-state index contributed by atoms with van der Waals surface area (Å²) in [5.41, 5.74) is -0.322. The second-order valence-electron chi connectivity index (χ2n) is 5.42. The minimum Gasteiger partial charge on any atom is -0.316 e. The molecule has 1 aromatic heterocycles. The normalized spacial score (nSPS) is 14.7. The van der Waals surface area contributed by atoms with E-state index >= 15 is 0 Å². The summed E-state index contributed by atoms with van der Waals surface area (Å²) in [6.45, 7) is 1.74. The lowest BCUT2D eigenvalue weighted by Gasteiger charge is -2.31. The first kappa shape index (κ1) is 14.8. The highest BCUT2D eigenvalue weighted by molar-refractivity contribution is 7.89. The molecule has 0 fully saturated rings. The van der Waals surface area contributed by atoms with E-state index in [9.17, 15) is 12.8 Å². The van der Waals surface area contributed by atoms with Gasteiger partial charge in [-0.3, -0.25) is 0 Å². The Balaban J connectivity index is 2.48. The quantitative estimate of drug-likeness (QED) is 0.663. The van der Waals surface area contributed by atoms with E-state index in [4.69, 9.17) is 0 Å². The van der Waals surface area contributed by atoms with Crippen LogP contribution in [0.3, 0.4) is 0 Å². The Morgan fingerprint density at radius 2 is 1.85 bits per heavy atom. The summed E-state index contributed by atoms with van der Waals surface area (Å²) in [5, 5.41) is 6.83. The molecule has 20 heavy (non-hydrogen) atoms. The third kappa shape index (κ3) is 2.65. The Hall–Kier alpha value is -1.58. The van der Waals surface area contributed by atoms with Crippen molar-refractivity contribution in [2.75, 3.05) is 21.1 Å². The van der Waals surface area contributed by atoms with Crippen LogP contribution in [0.15, 0.2) is 21.7 Å². The van der Waals surface area contributed by atoms with Gasteiger partial charge in [0.05, 0.1) is 21.1 Å². The summed E-state index contributed by atoms with van der Waals surface area (Å²) in [6.07, 6.45) is -0.375. The van der Waals surface area contributed by atoms with Crippen molar-refractivity contribution in [2.24, 2.45) is 0 Å². The number of halogens is 1. The maximum atomic E-state index is 13.5. The van der Waals surface area contributed by atoms with Gasteiger partial charge >= 0.3 is 0 Å². The maximum Gasteiger partial charge on any atom is 0.247 e. The fourth-order valence-corrected chi connectivity index (χ4v) is 3.00. The first-order chi connectivity index (χ1) is 9.13. The molecule has 0 aliphatic carbocycles. The van der Waals surface area contributed by atoms with Crippen LogP contribution in [0.25, 0.3) is 11.0 Å². The van der Waals surface area contributed by atoms with E-state index in [1.807, 2.05) is 21.1 Å². The third-order valence-electron chi connectivity index (χ3n) is 3.11. The molecule has 0 aliphatic heterocycles. The van der Waals surface area contributed by atoms with Crippen molar-refractivity contribution in [2.45, 2.75) is 18.0 Å². The second kappa shape index (κ2) is 4.76. The van der Waals surface area contributed by atoms with Gasteiger partial charge in [-0.15, -0.1) is 0 Å². The number of nitrogens with zero attached hydrogens (tertiary/aromatic N) is 3. The Morgan fingerprint density at radius 3 is 2.45 bits per heavy atom. The van der Waals surface area contributed by atoms with Gasteiger partial charge in [-0.1, -0.05) is 0 Å². The van der Waals surface area contributed by atoms with Crippen molar-refractivity contribution in [1.82, 2.24) is 15.0 Å². The molecule has 1 N–H and O–H groups in total. The van der Waals surface area contributed by atoms with Crippen LogP contribution in [0.4, 0.5) is 4.39 Å². The van der Waals surface area contributed by atoms with Crippen LogP contribution < -0.4 is 4.72 Å². The van der Waals surface area contributed by atoms with E-state index in [0.29, 0.717) is 4.48 Å². The van der Waals surface area contributed by atoms with Crippen LogP contribution in [-0.4, -0.2) is 50.5 Å². The van der Waals surface area contributed by atoms with Crippen LogP contribution in [0.5, 0.6) is 0 Å². The summed E-state index contributed by atoms with van der Waals surface area (Å²) < 4.78 is 45.5. The molecule has 2 aromatic rings. The zero-order chi connectivity index (χ0) is 15.1. The lowest BCUT2D eigenvalue weighted by Crippen LogP contribution is -2.53. The first-order valence-electron chi connectivity index (χ1n) is 5.87. The van der Waals surface area contributed by atoms with Gasteiger partial charge in [0.1, 0.15) is 4.90 Å². The molecular formula is C11H16FN4O3S+. The molecule has 0 aliphatic rings. The second-order valence-corrected chi connectivity index (χ2v) is 7.10. The number of aromatic nitrogens is 2. The topological polar surface area (TPSA) is 85.1 Å². The summed E-state index contributed by atoms with van der Waals surface area (Å²) in [4.78, 5) is -0.157. The van der Waals surface area contributed by atoms with Gasteiger partial charge in [0.2, 0.25) is 10.0 Å². The molecule has 0 radical (unpaired) electrons. The van der Waals surface area contributed by atoms with Crippen LogP contribution >= 0.6 is 0 Å². The number of benzene rings is 1. The molecule has 0 bridgehead atoms. The summed E-state index contributed by atoms with van der Waals surface area (Å²) in [7, 11) is 1.71. The number of hydrogen-bond donors (Lipinski definition) is 1. The fourth-order valence-electron chi connectivity index (χ4n) is 1.48. The van der Waals surface area contributed by atoms with Crippen molar-refractivity contribution < 1.29 is 21.9 Å². The standard InChI is InChI=1S/C11H16FN4O3S/c1-7(16(2,3)4)15-20(17,18)9-6-5-8(12)10-11(9)14-19-13-10/h5-7,15H,1-4H3/q+1. The highest BCUT2D eigenvalue weighted by Crippen LogP contribution is 2.22. The molecule has 0 saturated carbocycles. The number of nitrogens with one attached hydrogen (secondary N) is 1. The largest absolute Gasteiger partial charge is 0.316 e. The van der Waals surface area contributed by atoms with Crippen LogP contribution in [0, 0.1) is 5.82 Å². The van der Waals surface area contributed by atoms with E-state index in [1.54, 1.807) is 6.92 Å². The molecule has 0 amide bonds. The van der Waals surface area contributed by atoms with E-state index < -0.39 is 15.8 Å². The van der Waals surface area contributed by atoms with Crippen molar-refractivity contribution in [3.63, 3.8) is 0 Å². The molecule has 0 spiro atoms. The zero-order valence-electron chi connectivity index (χ0n) is 11.6. The average Bonchev–Trinajstić information content (AvgIpc) is 2.76. The molecule has 1 unspecified atom stereocenters. The van der Waals surface area contributed by atoms with Gasteiger partial charge < -0.3 is 4.48 Å². The van der Waals surface area contributed by atoms with Crippen LogP contribution in [0.1, 0.15) is 6.92 Å². The van der Waals surface area contributed by atoms with Gasteiger partial charge in [0.25, 0.3) is 0 Å². The minimum atomic E-state index is -3.85. The predicted molar refractivity (Wildman–Crippen MR) is 69.6 cm³/mol. The van der Waals surface area contributed by atoms with Gasteiger partial charge in [-0.2, -0.15) is 4.72 Å². The molecule has 2 rings (SSSR count). The van der Waals surface area contributed by atoms with E-state index in [-0.39, 0.29) is 22.1 Å². The SMILES string of the molecule is CC(NS(=O)(=O)c1ccc(F)c2nonc12)[N+](C)(C)C. The molecule has 1 heterocycles. The highest BCUT2D eigenvalue weighted by Gasteiger charge is 2.28. The van der Waals surface area contributed by atoms with Crippen LogP contribution in [-0.2, 0) is 10.0 Å². The van der Waals surface area contributed by atoms with E-state index in [2.05, 4.69) is 19.7 Å². The first-order valence-corrected chi connectivity index (χ1v) is 7.35. The predicted octanol–water partition coefficient (Wildman–Crippen LogP) is 0.692. The molecule has 9 heteroatoms. The minimum absolute atomic E-state index is 0.119. The maximum absolute atomic E-state index is 13.5. The monoisotopic (exact) mass is 303 g/mol. The van der Waals surface area contributed by atoms with E-state index in [1.165, 1.54) is 0 Å². The van der Waals surface area contributed by atoms with Gasteiger partial charge in [0, 0.05) is 6.92 Å². The van der Waals surface area contributed by atoms with Crippen molar-refractivity contribution in [1.29, 1.82) is 0 Å². The molecule has 1 aromatic carbocycles. The Kier molecular flexibility index (Phi) is 3.53. The Morgan fingerprint density at radius 1 is 1.25 bits per heavy atom. The Bertz CT molecular complexity index is 736. The van der Waals surface area contributed by atoms with Crippen molar-refractivity contribution >= 4 is 21.1 Å². The smallest absolute Gasteiger partial charge is 0.247 e. The molecule has 1 atom stereocenters. The summed E-state index contributed by atoms with van der Waals surface area (Å²) in [6, 6.07) is 2.17. The van der Waals surface area contributed by atoms with E-state index in [0.717, 1.165) is 12.1 Å². The number of quaternary nitrogens is 1. The fraction of sp³-hybridized carbons (Fsp3) is 0.455. The average molecular weight is 303 g/mol. The van der Waals surface area contributed by atoms with Gasteiger partial charge in [0.15, 0.2) is 23.0 Å². The lowest BCUT2D eigenvalue weighted by atomic mass is 10.3. The van der Waals surface area contributed by atoms with Crippen molar-refractivity contribution in [3.8, 4) is 0 Å². The molecular weight excluding hydrogens is 287 g/mol. The Labute approximate surface area is 116 Å². The number of sulfonamides is 1. The highest BCUT2D eigenvalue weighted by atomic mass is 32.2. The van der Waals surface area contributed by atoms with Crippen molar-refractivity contribution in [3.05, 3.63) is 17.9 Å². The molecule has 0 saturated heterocycles. The third-order valence-corrected chi connectivity index (χ3v) is 4.67. The van der Waals surface area contributed by atoms with Crippen LogP contribution in [0.2, 0.25) is 0 Å². The summed E-state index contributed by atoms with van der Waals surface area (Å²) in [5.74, 6) is -0.681. The van der Waals surface area contributed by atoms with Gasteiger partial charge in [-0.05, 0) is 22.4 Å². The molecule has 7 nitrogen and oxygen atoms in total. The lowest BCUT2D eigenvalue weighted by molar-refractivity contribution is -0.895. The van der Waals surface area contributed by atoms with Gasteiger partial charge in [-0.25, -0.2) is 17.4 Å². The molecule has 110 valence electrons. The zero-order valence-corrected chi connectivity index (χ0v) is 12.4.